The number of piperidine rings is 1. The Balaban J connectivity index is 2.34. The topological polar surface area (TPSA) is 110 Å². The number of likely N-dealkylation sites (N-methyl/N-ethyl adjacent to an activating group) is 1. The highest BCUT2D eigenvalue weighted by Gasteiger charge is 2.33. The molecule has 0 aromatic heterocycles. The molecule has 23 heavy (non-hydrogen) atoms. The van der Waals surface area contributed by atoms with E-state index in [1.165, 1.54) is 11.9 Å². The number of hydrogen-bond acceptors (Lipinski definition) is 5. The maximum absolute atomic E-state index is 12.8. The van der Waals surface area contributed by atoms with E-state index in [1.807, 2.05) is 0 Å². The van der Waals surface area contributed by atoms with Crippen LogP contribution in [0.2, 0.25) is 0 Å². The van der Waals surface area contributed by atoms with E-state index in [1.54, 1.807) is 18.2 Å². The van der Waals surface area contributed by atoms with Gasteiger partial charge in [0.25, 0.3) is 5.91 Å². The molecule has 0 aliphatic carbocycles. The smallest absolute Gasteiger partial charge is 0.255 e. The molecule has 1 atom stereocenters. The van der Waals surface area contributed by atoms with Gasteiger partial charge in [0, 0.05) is 19.0 Å². The van der Waals surface area contributed by atoms with Crippen LogP contribution in [0, 0.1) is 0 Å². The SMILES string of the molecule is CN(C(=O)c1c(C=O)cccc1CCN)C1CCC(=O)NC1=O. The van der Waals surface area contributed by atoms with E-state index in [4.69, 9.17) is 5.73 Å². The molecule has 3 amide bonds. The minimum Gasteiger partial charge on any atom is -0.330 e. The quantitative estimate of drug-likeness (QED) is 0.581. The molecule has 1 aromatic carbocycles. The van der Waals surface area contributed by atoms with Gasteiger partial charge < -0.3 is 10.6 Å². The average Bonchev–Trinajstić information content (AvgIpc) is 2.53. The van der Waals surface area contributed by atoms with E-state index < -0.39 is 17.9 Å². The van der Waals surface area contributed by atoms with E-state index in [0.717, 1.165) is 0 Å². The molecule has 0 spiro atoms. The molecular formula is C16H19N3O4. The zero-order chi connectivity index (χ0) is 17.0. The summed E-state index contributed by atoms with van der Waals surface area (Å²) < 4.78 is 0. The van der Waals surface area contributed by atoms with Crippen molar-refractivity contribution < 1.29 is 19.2 Å². The highest BCUT2D eigenvalue weighted by atomic mass is 16.2. The molecule has 122 valence electrons. The predicted molar refractivity (Wildman–Crippen MR) is 82.9 cm³/mol. The highest BCUT2D eigenvalue weighted by Crippen LogP contribution is 2.20. The van der Waals surface area contributed by atoms with Crippen LogP contribution in [0.4, 0.5) is 0 Å². The number of aldehydes is 1. The van der Waals surface area contributed by atoms with Crippen molar-refractivity contribution in [3.05, 3.63) is 34.9 Å². The number of benzene rings is 1. The third kappa shape index (κ3) is 3.45. The largest absolute Gasteiger partial charge is 0.330 e. The van der Waals surface area contributed by atoms with Crippen molar-refractivity contribution in [1.82, 2.24) is 10.2 Å². The lowest BCUT2D eigenvalue weighted by molar-refractivity contribution is -0.136. The molecule has 7 nitrogen and oxygen atoms in total. The van der Waals surface area contributed by atoms with Crippen LogP contribution in [-0.2, 0) is 16.0 Å². The van der Waals surface area contributed by atoms with E-state index in [9.17, 15) is 19.2 Å². The fraction of sp³-hybridized carbons (Fsp3) is 0.375. The van der Waals surface area contributed by atoms with Crippen LogP contribution in [0.1, 0.15) is 39.1 Å². The summed E-state index contributed by atoms with van der Waals surface area (Å²) in [6.45, 7) is 0.338. The summed E-state index contributed by atoms with van der Waals surface area (Å²) in [5.74, 6) is -1.27. The van der Waals surface area contributed by atoms with Crippen molar-refractivity contribution in [2.45, 2.75) is 25.3 Å². The number of rotatable bonds is 5. The van der Waals surface area contributed by atoms with Gasteiger partial charge in [-0.2, -0.15) is 0 Å². The van der Waals surface area contributed by atoms with Crippen molar-refractivity contribution in [2.24, 2.45) is 5.73 Å². The minimum atomic E-state index is -0.731. The van der Waals surface area contributed by atoms with Crippen LogP contribution in [-0.4, -0.2) is 48.5 Å². The van der Waals surface area contributed by atoms with Crippen molar-refractivity contribution in [3.8, 4) is 0 Å². The molecule has 0 radical (unpaired) electrons. The number of carbonyl (C=O) groups excluding carboxylic acids is 4. The highest BCUT2D eigenvalue weighted by molar-refractivity contribution is 6.06. The first-order chi connectivity index (χ1) is 11.0. The number of nitrogens with zero attached hydrogens (tertiary/aromatic N) is 1. The maximum Gasteiger partial charge on any atom is 0.255 e. The molecule has 1 saturated heterocycles. The molecule has 1 aromatic rings. The van der Waals surface area contributed by atoms with Crippen LogP contribution in [0.5, 0.6) is 0 Å². The Morgan fingerprint density at radius 1 is 1.43 bits per heavy atom. The lowest BCUT2D eigenvalue weighted by atomic mass is 9.96. The molecule has 1 unspecified atom stereocenters. The molecule has 0 bridgehead atoms. The lowest BCUT2D eigenvalue weighted by Crippen LogP contribution is -2.53. The van der Waals surface area contributed by atoms with Gasteiger partial charge in [0.05, 0.1) is 5.56 Å². The monoisotopic (exact) mass is 317 g/mol. The second-order valence-corrected chi connectivity index (χ2v) is 5.42. The van der Waals surface area contributed by atoms with E-state index in [2.05, 4.69) is 5.32 Å². The Morgan fingerprint density at radius 2 is 2.17 bits per heavy atom. The Labute approximate surface area is 133 Å². The second kappa shape index (κ2) is 7.15. The van der Waals surface area contributed by atoms with Gasteiger partial charge in [0.15, 0.2) is 6.29 Å². The van der Waals surface area contributed by atoms with Crippen LogP contribution in [0.3, 0.4) is 0 Å². The zero-order valence-electron chi connectivity index (χ0n) is 12.9. The molecular weight excluding hydrogens is 298 g/mol. The normalized spacial score (nSPS) is 17.6. The average molecular weight is 317 g/mol. The third-order valence-corrected chi connectivity index (χ3v) is 3.94. The lowest BCUT2D eigenvalue weighted by Gasteiger charge is -2.30. The first kappa shape index (κ1) is 16.8. The number of carbonyl (C=O) groups is 4. The molecule has 0 saturated carbocycles. The summed E-state index contributed by atoms with van der Waals surface area (Å²) in [7, 11) is 1.50. The molecule has 1 aliphatic rings. The van der Waals surface area contributed by atoms with Crippen LogP contribution >= 0.6 is 0 Å². The van der Waals surface area contributed by atoms with Gasteiger partial charge in [0.1, 0.15) is 6.04 Å². The summed E-state index contributed by atoms with van der Waals surface area (Å²) in [5.41, 5.74) is 6.76. The molecule has 7 heteroatoms. The number of amides is 3. The van der Waals surface area contributed by atoms with Crippen LogP contribution in [0.25, 0.3) is 0 Å². The molecule has 1 aliphatic heterocycles. The zero-order valence-corrected chi connectivity index (χ0v) is 12.9. The van der Waals surface area contributed by atoms with Crippen LogP contribution < -0.4 is 11.1 Å². The first-order valence-corrected chi connectivity index (χ1v) is 7.37. The van der Waals surface area contributed by atoms with Gasteiger partial charge in [-0.3, -0.25) is 24.5 Å². The summed E-state index contributed by atoms with van der Waals surface area (Å²) in [6, 6.07) is 4.26. The van der Waals surface area contributed by atoms with E-state index in [-0.39, 0.29) is 29.9 Å². The summed E-state index contributed by atoms with van der Waals surface area (Å²) in [5, 5.41) is 2.22. The van der Waals surface area contributed by atoms with Gasteiger partial charge in [-0.25, -0.2) is 0 Å². The Hall–Kier alpha value is -2.54. The number of nitrogens with one attached hydrogen (secondary N) is 1. The van der Waals surface area contributed by atoms with E-state index in [0.29, 0.717) is 24.8 Å². The van der Waals surface area contributed by atoms with Crippen molar-refractivity contribution in [3.63, 3.8) is 0 Å². The summed E-state index contributed by atoms with van der Waals surface area (Å²) in [6.07, 6.45) is 1.51. The molecule has 1 heterocycles. The Morgan fingerprint density at radius 3 is 2.78 bits per heavy atom. The third-order valence-electron chi connectivity index (χ3n) is 3.94. The Bertz CT molecular complexity index is 657. The molecule has 2 rings (SSSR count). The fourth-order valence-electron chi connectivity index (χ4n) is 2.71. The van der Waals surface area contributed by atoms with Gasteiger partial charge in [-0.1, -0.05) is 18.2 Å². The van der Waals surface area contributed by atoms with Crippen LogP contribution in [0.15, 0.2) is 18.2 Å². The summed E-state index contributed by atoms with van der Waals surface area (Å²) in [4.78, 5) is 48.5. The minimum absolute atomic E-state index is 0.180. The van der Waals surface area contributed by atoms with E-state index >= 15 is 0 Å². The van der Waals surface area contributed by atoms with Gasteiger partial charge >= 0.3 is 0 Å². The van der Waals surface area contributed by atoms with Crippen molar-refractivity contribution >= 4 is 24.0 Å². The van der Waals surface area contributed by atoms with Gasteiger partial charge in [-0.15, -0.1) is 0 Å². The maximum atomic E-state index is 12.8. The number of nitrogens with two attached hydrogens (primary N) is 1. The second-order valence-electron chi connectivity index (χ2n) is 5.42. The molecule has 3 N–H and O–H groups in total. The number of imide groups is 1. The van der Waals surface area contributed by atoms with Crippen molar-refractivity contribution in [1.29, 1.82) is 0 Å². The predicted octanol–water partition coefficient (Wildman–Crippen LogP) is -0.122. The number of hydrogen-bond donors (Lipinski definition) is 2. The summed E-state index contributed by atoms with van der Waals surface area (Å²) >= 11 is 0. The van der Waals surface area contributed by atoms with Gasteiger partial charge in [0.2, 0.25) is 11.8 Å². The van der Waals surface area contributed by atoms with Crippen molar-refractivity contribution in [2.75, 3.05) is 13.6 Å². The molecule has 1 fully saturated rings. The fourth-order valence-corrected chi connectivity index (χ4v) is 2.71. The Kier molecular flexibility index (Phi) is 5.23. The first-order valence-electron chi connectivity index (χ1n) is 7.37. The van der Waals surface area contributed by atoms with Gasteiger partial charge in [-0.05, 0) is 24.9 Å². The standard InChI is InChI=1S/C16H19N3O4/c1-19(12-5-6-13(21)18-15(12)22)16(23)14-10(7-8-17)3-2-4-11(14)9-20/h2-4,9,12H,5-8,17H2,1H3,(H,18,21,22).